The Bertz CT molecular complexity index is 323. The van der Waals surface area contributed by atoms with E-state index in [1.807, 2.05) is 0 Å². The van der Waals surface area contributed by atoms with Crippen LogP contribution in [-0.4, -0.2) is 30.6 Å². The van der Waals surface area contributed by atoms with Crippen molar-refractivity contribution in [3.05, 3.63) is 35.9 Å². The molecule has 1 saturated heterocycles. The summed E-state index contributed by atoms with van der Waals surface area (Å²) in [7, 11) is 0. The van der Waals surface area contributed by atoms with Crippen molar-refractivity contribution in [2.45, 2.75) is 38.1 Å². The number of likely N-dealkylation sites (tertiary alicyclic amines) is 1. The van der Waals surface area contributed by atoms with E-state index in [1.54, 1.807) is 0 Å². The first-order chi connectivity index (χ1) is 8.35. The van der Waals surface area contributed by atoms with E-state index >= 15 is 0 Å². The minimum Gasteiger partial charge on any atom is -0.330 e. The highest BCUT2D eigenvalue weighted by Gasteiger charge is 2.25. The first-order valence-corrected chi connectivity index (χ1v) is 6.84. The summed E-state index contributed by atoms with van der Waals surface area (Å²) >= 11 is 0. The molecular weight excluding hydrogens is 208 g/mol. The molecule has 94 valence electrons. The van der Waals surface area contributed by atoms with Gasteiger partial charge in [-0.25, -0.2) is 0 Å². The molecule has 0 bridgehead atoms. The molecular formula is C15H24N2. The average Bonchev–Trinajstić information content (AvgIpc) is 2.84. The van der Waals surface area contributed by atoms with Crippen molar-refractivity contribution >= 4 is 0 Å². The number of rotatable bonds is 5. The molecule has 0 saturated carbocycles. The first kappa shape index (κ1) is 12.6. The van der Waals surface area contributed by atoms with Gasteiger partial charge in [-0.1, -0.05) is 37.3 Å². The Hall–Kier alpha value is -0.860. The summed E-state index contributed by atoms with van der Waals surface area (Å²) < 4.78 is 0. The van der Waals surface area contributed by atoms with E-state index < -0.39 is 0 Å². The van der Waals surface area contributed by atoms with Crippen molar-refractivity contribution in [1.29, 1.82) is 0 Å². The van der Waals surface area contributed by atoms with Gasteiger partial charge in [-0.3, -0.25) is 4.90 Å². The van der Waals surface area contributed by atoms with Gasteiger partial charge in [0.15, 0.2) is 0 Å². The lowest BCUT2D eigenvalue weighted by Crippen LogP contribution is -2.35. The normalized spacial score (nSPS) is 22.8. The quantitative estimate of drug-likeness (QED) is 0.845. The van der Waals surface area contributed by atoms with Gasteiger partial charge in [-0.15, -0.1) is 0 Å². The average molecular weight is 232 g/mol. The van der Waals surface area contributed by atoms with Crippen molar-refractivity contribution in [3.63, 3.8) is 0 Å². The van der Waals surface area contributed by atoms with Crippen LogP contribution in [0.15, 0.2) is 30.3 Å². The van der Waals surface area contributed by atoms with E-state index in [-0.39, 0.29) is 0 Å². The summed E-state index contributed by atoms with van der Waals surface area (Å²) in [6.45, 7) is 5.42. The first-order valence-electron chi connectivity index (χ1n) is 6.84. The molecule has 0 spiro atoms. The van der Waals surface area contributed by atoms with Crippen LogP contribution in [0.1, 0.15) is 37.7 Å². The largest absolute Gasteiger partial charge is 0.330 e. The van der Waals surface area contributed by atoms with Crippen LogP contribution in [0.5, 0.6) is 0 Å². The van der Waals surface area contributed by atoms with Crippen molar-refractivity contribution in [3.8, 4) is 0 Å². The summed E-state index contributed by atoms with van der Waals surface area (Å²) in [4.78, 5) is 2.63. The molecule has 0 radical (unpaired) electrons. The smallest absolute Gasteiger partial charge is 0.00933 e. The Morgan fingerprint density at radius 1 is 1.35 bits per heavy atom. The standard InChI is InChI=1S/C15H24N2/c1-2-15-9-6-10-17(15)12-14(11-16)13-7-4-3-5-8-13/h3-5,7-8,14-15H,2,6,9-12,16H2,1H3. The third-order valence-electron chi connectivity index (χ3n) is 3.98. The molecule has 17 heavy (non-hydrogen) atoms. The van der Waals surface area contributed by atoms with E-state index in [0.717, 1.165) is 19.1 Å². The molecule has 1 aliphatic heterocycles. The van der Waals surface area contributed by atoms with Crippen LogP contribution in [0.2, 0.25) is 0 Å². The summed E-state index contributed by atoms with van der Waals surface area (Å²) in [5.74, 6) is 0.489. The monoisotopic (exact) mass is 232 g/mol. The summed E-state index contributed by atoms with van der Waals surface area (Å²) in [5, 5.41) is 0. The van der Waals surface area contributed by atoms with Crippen molar-refractivity contribution in [1.82, 2.24) is 4.90 Å². The van der Waals surface area contributed by atoms with E-state index in [0.29, 0.717) is 5.92 Å². The number of benzene rings is 1. The second kappa shape index (κ2) is 6.18. The van der Waals surface area contributed by atoms with Crippen LogP contribution in [-0.2, 0) is 0 Å². The van der Waals surface area contributed by atoms with Gasteiger partial charge in [0.1, 0.15) is 0 Å². The van der Waals surface area contributed by atoms with Crippen LogP contribution in [0.4, 0.5) is 0 Å². The van der Waals surface area contributed by atoms with E-state index in [1.165, 1.54) is 31.4 Å². The predicted octanol–water partition coefficient (Wildman–Crippen LogP) is 2.60. The summed E-state index contributed by atoms with van der Waals surface area (Å²) in [6.07, 6.45) is 3.99. The van der Waals surface area contributed by atoms with Gasteiger partial charge < -0.3 is 5.73 Å². The van der Waals surface area contributed by atoms with Crippen LogP contribution in [0.25, 0.3) is 0 Å². The highest BCUT2D eigenvalue weighted by molar-refractivity contribution is 5.20. The maximum Gasteiger partial charge on any atom is 0.00933 e. The molecule has 0 aliphatic carbocycles. The number of nitrogens with zero attached hydrogens (tertiary/aromatic N) is 1. The summed E-state index contributed by atoms with van der Waals surface area (Å²) in [5.41, 5.74) is 7.33. The van der Waals surface area contributed by atoms with Gasteiger partial charge in [0.25, 0.3) is 0 Å². The molecule has 2 rings (SSSR count). The van der Waals surface area contributed by atoms with E-state index in [4.69, 9.17) is 5.73 Å². The SMILES string of the molecule is CCC1CCCN1CC(CN)c1ccccc1. The topological polar surface area (TPSA) is 29.3 Å². The highest BCUT2D eigenvalue weighted by Crippen LogP contribution is 2.24. The maximum atomic E-state index is 5.94. The van der Waals surface area contributed by atoms with Crippen molar-refractivity contribution < 1.29 is 0 Å². The molecule has 1 fully saturated rings. The number of nitrogens with two attached hydrogens (primary N) is 1. The van der Waals surface area contributed by atoms with Gasteiger partial charge in [-0.2, -0.15) is 0 Å². The number of hydrogen-bond donors (Lipinski definition) is 1. The second-order valence-corrected chi connectivity index (χ2v) is 5.04. The zero-order valence-corrected chi connectivity index (χ0v) is 10.8. The molecule has 1 aromatic carbocycles. The molecule has 2 nitrogen and oxygen atoms in total. The van der Waals surface area contributed by atoms with Gasteiger partial charge in [0.05, 0.1) is 0 Å². The lowest BCUT2D eigenvalue weighted by Gasteiger charge is -2.28. The molecule has 2 heteroatoms. The lowest BCUT2D eigenvalue weighted by molar-refractivity contribution is 0.234. The molecule has 1 aromatic rings. The van der Waals surface area contributed by atoms with Crippen molar-refractivity contribution in [2.75, 3.05) is 19.6 Å². The molecule has 2 atom stereocenters. The third kappa shape index (κ3) is 3.08. The molecule has 2 unspecified atom stereocenters. The van der Waals surface area contributed by atoms with Crippen molar-refractivity contribution in [2.24, 2.45) is 5.73 Å². The molecule has 0 aromatic heterocycles. The highest BCUT2D eigenvalue weighted by atomic mass is 15.2. The fourth-order valence-electron chi connectivity index (χ4n) is 2.92. The van der Waals surface area contributed by atoms with Crippen LogP contribution in [0, 0.1) is 0 Å². The fraction of sp³-hybridized carbons (Fsp3) is 0.600. The van der Waals surface area contributed by atoms with E-state index in [9.17, 15) is 0 Å². The zero-order chi connectivity index (χ0) is 12.1. The Morgan fingerprint density at radius 2 is 2.12 bits per heavy atom. The van der Waals surface area contributed by atoms with Crippen LogP contribution in [0.3, 0.4) is 0 Å². The third-order valence-corrected chi connectivity index (χ3v) is 3.98. The Labute approximate surface area is 105 Å². The molecule has 1 aliphatic rings. The molecule has 0 amide bonds. The number of hydrogen-bond acceptors (Lipinski definition) is 2. The maximum absolute atomic E-state index is 5.94. The van der Waals surface area contributed by atoms with Gasteiger partial charge in [0.2, 0.25) is 0 Å². The Kier molecular flexibility index (Phi) is 4.57. The molecule has 2 N–H and O–H groups in total. The summed E-state index contributed by atoms with van der Waals surface area (Å²) in [6, 6.07) is 11.5. The zero-order valence-electron chi connectivity index (χ0n) is 10.8. The fourth-order valence-corrected chi connectivity index (χ4v) is 2.92. The van der Waals surface area contributed by atoms with E-state index in [2.05, 4.69) is 42.2 Å². The van der Waals surface area contributed by atoms with Crippen LogP contribution >= 0.6 is 0 Å². The van der Waals surface area contributed by atoms with Gasteiger partial charge in [-0.05, 0) is 31.4 Å². The van der Waals surface area contributed by atoms with Gasteiger partial charge in [0, 0.05) is 25.0 Å². The Morgan fingerprint density at radius 3 is 2.76 bits per heavy atom. The van der Waals surface area contributed by atoms with Gasteiger partial charge >= 0.3 is 0 Å². The predicted molar refractivity (Wildman–Crippen MR) is 73.1 cm³/mol. The second-order valence-electron chi connectivity index (χ2n) is 5.04. The van der Waals surface area contributed by atoms with Crippen LogP contribution < -0.4 is 5.73 Å². The lowest BCUT2D eigenvalue weighted by atomic mass is 9.98. The minimum atomic E-state index is 0.489. The Balaban J connectivity index is 2.00. The minimum absolute atomic E-state index is 0.489. The molecule has 1 heterocycles.